The third kappa shape index (κ3) is 2.09. The third-order valence-electron chi connectivity index (χ3n) is 3.19. The standard InChI is InChI=1S/C15H12Cl2O/c16-11-7-4-8-13-15(11)12(17)9-14(18-13)10-5-2-1-3-6-10/h1-8,12,14H,9H2. The van der Waals surface area contributed by atoms with Gasteiger partial charge in [-0.1, -0.05) is 48.0 Å². The lowest BCUT2D eigenvalue weighted by Gasteiger charge is -2.30. The van der Waals surface area contributed by atoms with Crippen LogP contribution < -0.4 is 4.74 Å². The smallest absolute Gasteiger partial charge is 0.126 e. The van der Waals surface area contributed by atoms with Crippen molar-refractivity contribution in [2.45, 2.75) is 17.9 Å². The minimum Gasteiger partial charge on any atom is -0.485 e. The lowest BCUT2D eigenvalue weighted by molar-refractivity contribution is 0.174. The van der Waals surface area contributed by atoms with Gasteiger partial charge in [-0.15, -0.1) is 11.6 Å². The lowest BCUT2D eigenvalue weighted by Crippen LogP contribution is -2.17. The summed E-state index contributed by atoms with van der Waals surface area (Å²) in [6.07, 6.45) is 0.738. The largest absolute Gasteiger partial charge is 0.485 e. The zero-order chi connectivity index (χ0) is 12.5. The summed E-state index contributed by atoms with van der Waals surface area (Å²) in [5, 5.41) is 0.576. The molecule has 18 heavy (non-hydrogen) atoms. The molecule has 1 heterocycles. The predicted octanol–water partition coefficient (Wildman–Crippen LogP) is 5.14. The Hall–Kier alpha value is -1.18. The number of ether oxygens (including phenoxy) is 1. The van der Waals surface area contributed by atoms with Crippen molar-refractivity contribution in [3.63, 3.8) is 0 Å². The zero-order valence-corrected chi connectivity index (χ0v) is 11.2. The Labute approximate surface area is 116 Å². The molecule has 0 radical (unpaired) electrons. The molecule has 0 spiro atoms. The van der Waals surface area contributed by atoms with E-state index in [1.54, 1.807) is 0 Å². The molecule has 0 fully saturated rings. The first-order chi connectivity index (χ1) is 8.75. The van der Waals surface area contributed by atoms with Gasteiger partial charge in [0.1, 0.15) is 11.9 Å². The molecule has 0 aliphatic carbocycles. The van der Waals surface area contributed by atoms with Gasteiger partial charge in [-0.25, -0.2) is 0 Å². The topological polar surface area (TPSA) is 9.23 Å². The summed E-state index contributed by atoms with van der Waals surface area (Å²) >= 11 is 12.6. The van der Waals surface area contributed by atoms with Crippen LogP contribution in [0.2, 0.25) is 5.02 Å². The van der Waals surface area contributed by atoms with Gasteiger partial charge in [-0.3, -0.25) is 0 Å². The molecule has 0 saturated heterocycles. The number of halogens is 2. The van der Waals surface area contributed by atoms with E-state index in [9.17, 15) is 0 Å². The van der Waals surface area contributed by atoms with Crippen LogP contribution in [0, 0.1) is 0 Å². The van der Waals surface area contributed by atoms with Crippen molar-refractivity contribution in [2.24, 2.45) is 0 Å². The van der Waals surface area contributed by atoms with Crippen LogP contribution in [0.1, 0.15) is 29.0 Å². The summed E-state index contributed by atoms with van der Waals surface area (Å²) in [6, 6.07) is 15.8. The van der Waals surface area contributed by atoms with E-state index < -0.39 is 0 Å². The molecule has 3 rings (SSSR count). The molecular formula is C15H12Cl2O. The number of fused-ring (bicyclic) bond motifs is 1. The van der Waals surface area contributed by atoms with E-state index in [4.69, 9.17) is 27.9 Å². The molecule has 0 aromatic heterocycles. The Kier molecular flexibility index (Phi) is 3.19. The van der Waals surface area contributed by atoms with E-state index in [2.05, 4.69) is 12.1 Å². The molecule has 2 aromatic rings. The van der Waals surface area contributed by atoms with E-state index in [1.165, 1.54) is 0 Å². The summed E-state index contributed by atoms with van der Waals surface area (Å²) in [7, 11) is 0. The van der Waals surface area contributed by atoms with Gasteiger partial charge < -0.3 is 4.74 Å². The van der Waals surface area contributed by atoms with Gasteiger partial charge >= 0.3 is 0 Å². The number of rotatable bonds is 1. The summed E-state index contributed by atoms with van der Waals surface area (Å²) in [4.78, 5) is 0. The highest BCUT2D eigenvalue weighted by molar-refractivity contribution is 6.33. The number of hydrogen-bond acceptors (Lipinski definition) is 1. The highest BCUT2D eigenvalue weighted by atomic mass is 35.5. The Balaban J connectivity index is 1.97. The molecule has 3 heteroatoms. The second-order valence-electron chi connectivity index (χ2n) is 4.37. The summed E-state index contributed by atoms with van der Waals surface area (Å²) < 4.78 is 6.00. The number of benzene rings is 2. The minimum atomic E-state index is -0.104. The van der Waals surface area contributed by atoms with Crippen LogP contribution in [-0.2, 0) is 0 Å². The first-order valence-electron chi connectivity index (χ1n) is 5.90. The minimum absolute atomic E-state index is 0.000309. The molecule has 1 aliphatic heterocycles. The quantitative estimate of drug-likeness (QED) is 0.656. The summed E-state index contributed by atoms with van der Waals surface area (Å²) in [5.41, 5.74) is 2.06. The molecule has 0 bridgehead atoms. The fourth-order valence-electron chi connectivity index (χ4n) is 2.30. The van der Waals surface area contributed by atoms with Crippen molar-refractivity contribution < 1.29 is 4.74 Å². The van der Waals surface area contributed by atoms with Gasteiger partial charge in [0, 0.05) is 17.0 Å². The Morgan fingerprint density at radius 2 is 1.78 bits per heavy atom. The van der Waals surface area contributed by atoms with E-state index in [0.717, 1.165) is 23.3 Å². The first kappa shape index (κ1) is 11.9. The van der Waals surface area contributed by atoms with Gasteiger partial charge in [0.05, 0.1) is 5.38 Å². The second-order valence-corrected chi connectivity index (χ2v) is 5.31. The molecule has 0 N–H and O–H groups in total. The van der Waals surface area contributed by atoms with Crippen LogP contribution in [0.4, 0.5) is 0 Å². The highest BCUT2D eigenvalue weighted by Crippen LogP contribution is 2.46. The zero-order valence-electron chi connectivity index (χ0n) is 9.64. The fourth-order valence-corrected chi connectivity index (χ4v) is 3.04. The van der Waals surface area contributed by atoms with E-state index in [-0.39, 0.29) is 11.5 Å². The molecule has 2 unspecified atom stereocenters. The number of alkyl halides is 1. The van der Waals surface area contributed by atoms with Gasteiger partial charge in [0.15, 0.2) is 0 Å². The van der Waals surface area contributed by atoms with E-state index >= 15 is 0 Å². The van der Waals surface area contributed by atoms with Gasteiger partial charge in [-0.05, 0) is 17.7 Å². The SMILES string of the molecule is Clc1cccc2c1C(Cl)CC(c1ccccc1)O2. The van der Waals surface area contributed by atoms with Crippen molar-refractivity contribution in [3.8, 4) is 5.75 Å². The number of hydrogen-bond donors (Lipinski definition) is 0. The molecule has 1 aliphatic rings. The Morgan fingerprint density at radius 3 is 2.56 bits per heavy atom. The fraction of sp³-hybridized carbons (Fsp3) is 0.200. The average Bonchev–Trinajstić information content (AvgIpc) is 2.39. The molecule has 92 valence electrons. The lowest BCUT2D eigenvalue weighted by atomic mass is 9.97. The Morgan fingerprint density at radius 1 is 1.00 bits per heavy atom. The van der Waals surface area contributed by atoms with E-state index in [0.29, 0.717) is 5.02 Å². The van der Waals surface area contributed by atoms with Crippen LogP contribution in [0.3, 0.4) is 0 Å². The maximum Gasteiger partial charge on any atom is 0.126 e. The van der Waals surface area contributed by atoms with Crippen molar-refractivity contribution in [1.82, 2.24) is 0 Å². The van der Waals surface area contributed by atoms with Crippen LogP contribution in [0.5, 0.6) is 5.75 Å². The highest BCUT2D eigenvalue weighted by Gasteiger charge is 2.29. The molecular weight excluding hydrogens is 267 g/mol. The second kappa shape index (κ2) is 4.83. The van der Waals surface area contributed by atoms with Crippen molar-refractivity contribution >= 4 is 23.2 Å². The normalized spacial score (nSPS) is 22.1. The van der Waals surface area contributed by atoms with Gasteiger partial charge in [-0.2, -0.15) is 0 Å². The molecule has 0 amide bonds. The summed E-state index contributed by atoms with van der Waals surface area (Å²) in [5.74, 6) is 0.794. The third-order valence-corrected chi connectivity index (χ3v) is 3.91. The maximum atomic E-state index is 6.43. The van der Waals surface area contributed by atoms with Gasteiger partial charge in [0.25, 0.3) is 0 Å². The average molecular weight is 279 g/mol. The van der Waals surface area contributed by atoms with E-state index in [1.807, 2.05) is 36.4 Å². The summed E-state index contributed by atoms with van der Waals surface area (Å²) in [6.45, 7) is 0. The van der Waals surface area contributed by atoms with Crippen LogP contribution >= 0.6 is 23.2 Å². The van der Waals surface area contributed by atoms with Crippen molar-refractivity contribution in [3.05, 3.63) is 64.7 Å². The molecule has 1 nitrogen and oxygen atoms in total. The monoisotopic (exact) mass is 278 g/mol. The molecule has 2 atom stereocenters. The predicted molar refractivity (Wildman–Crippen MR) is 74.5 cm³/mol. The van der Waals surface area contributed by atoms with Gasteiger partial charge in [0.2, 0.25) is 0 Å². The van der Waals surface area contributed by atoms with Crippen LogP contribution in [0.15, 0.2) is 48.5 Å². The Bertz CT molecular complexity index is 554. The first-order valence-corrected chi connectivity index (χ1v) is 6.71. The van der Waals surface area contributed by atoms with Crippen LogP contribution in [-0.4, -0.2) is 0 Å². The van der Waals surface area contributed by atoms with Crippen molar-refractivity contribution in [1.29, 1.82) is 0 Å². The maximum absolute atomic E-state index is 6.43. The van der Waals surface area contributed by atoms with Crippen LogP contribution in [0.25, 0.3) is 0 Å². The molecule has 2 aromatic carbocycles. The van der Waals surface area contributed by atoms with Crippen molar-refractivity contribution in [2.75, 3.05) is 0 Å². The molecule has 0 saturated carbocycles.